The van der Waals surface area contributed by atoms with Gasteiger partial charge < -0.3 is 14.8 Å². The van der Waals surface area contributed by atoms with Crippen molar-refractivity contribution in [1.82, 2.24) is 0 Å². The summed E-state index contributed by atoms with van der Waals surface area (Å²) in [7, 11) is 1.81. The van der Waals surface area contributed by atoms with E-state index in [0.717, 1.165) is 50.6 Å². The summed E-state index contributed by atoms with van der Waals surface area (Å²) in [5.74, 6) is 0.581. The molecule has 3 atom stereocenters. The second-order valence-electron chi connectivity index (χ2n) is 12.2. The maximum absolute atomic E-state index is 13.3. The highest BCUT2D eigenvalue weighted by atomic mass is 16.5. The van der Waals surface area contributed by atoms with Gasteiger partial charge in [0.2, 0.25) is 0 Å². The molecule has 0 aliphatic heterocycles. The zero-order chi connectivity index (χ0) is 31.1. The van der Waals surface area contributed by atoms with Gasteiger partial charge in [-0.25, -0.2) is 9.59 Å². The lowest BCUT2D eigenvalue weighted by atomic mass is 9.94. The Hall–Kier alpha value is -3.41. The van der Waals surface area contributed by atoms with Crippen LogP contribution in [0.1, 0.15) is 116 Å². The predicted octanol–water partition coefficient (Wildman–Crippen LogP) is 8.75. The first-order valence-electron chi connectivity index (χ1n) is 15.5. The molecule has 0 fully saturated rings. The number of esters is 2. The maximum atomic E-state index is 13.3. The Morgan fingerprint density at radius 1 is 0.714 bits per heavy atom. The summed E-state index contributed by atoms with van der Waals surface area (Å²) in [6.45, 7) is 15.2. The van der Waals surface area contributed by atoms with Gasteiger partial charge in [0, 0.05) is 23.9 Å². The van der Waals surface area contributed by atoms with E-state index in [1.807, 2.05) is 25.3 Å². The Morgan fingerprint density at radius 2 is 1.24 bits per heavy atom. The second kappa shape index (κ2) is 18.2. The molecule has 6 nitrogen and oxygen atoms in total. The molecule has 0 bridgehead atoms. The summed E-state index contributed by atoms with van der Waals surface area (Å²) in [5.41, 5.74) is 1.85. The summed E-state index contributed by atoms with van der Waals surface area (Å²) < 4.78 is 11.2. The van der Waals surface area contributed by atoms with E-state index in [1.165, 1.54) is 12.1 Å². The Bertz CT molecular complexity index is 1150. The van der Waals surface area contributed by atoms with Gasteiger partial charge in [-0.05, 0) is 79.3 Å². The SMILES string of the molecule is C=CCC(C)CCC(C)CCOC(=O)c1cc(C(=O)c2ccc(NC)cc2)ccc1C(=O)OCCC(C)CCC(C)C. The third kappa shape index (κ3) is 11.8. The fourth-order valence-electron chi connectivity index (χ4n) is 4.73. The van der Waals surface area contributed by atoms with Gasteiger partial charge in [0.05, 0.1) is 24.3 Å². The number of hydrogen-bond donors (Lipinski definition) is 1. The minimum Gasteiger partial charge on any atom is -0.462 e. The van der Waals surface area contributed by atoms with Crippen molar-refractivity contribution < 1.29 is 23.9 Å². The molecule has 0 heterocycles. The van der Waals surface area contributed by atoms with Crippen molar-refractivity contribution in [3.05, 3.63) is 77.4 Å². The monoisotopic (exact) mass is 577 g/mol. The molecule has 0 amide bonds. The average Bonchev–Trinajstić information content (AvgIpc) is 2.98. The zero-order valence-corrected chi connectivity index (χ0v) is 26.5. The number of allylic oxidation sites excluding steroid dienone is 1. The van der Waals surface area contributed by atoms with Crippen LogP contribution in [0.2, 0.25) is 0 Å². The van der Waals surface area contributed by atoms with Crippen LogP contribution in [0, 0.1) is 23.7 Å². The number of anilines is 1. The molecule has 2 rings (SSSR count). The van der Waals surface area contributed by atoms with Crippen LogP contribution < -0.4 is 5.32 Å². The van der Waals surface area contributed by atoms with Crippen molar-refractivity contribution >= 4 is 23.4 Å². The van der Waals surface area contributed by atoms with Gasteiger partial charge in [0.15, 0.2) is 5.78 Å². The first-order chi connectivity index (χ1) is 20.0. The fraction of sp³-hybridized carbons (Fsp3) is 0.528. The Morgan fingerprint density at radius 3 is 1.79 bits per heavy atom. The molecule has 230 valence electrons. The summed E-state index contributed by atoms with van der Waals surface area (Å²) >= 11 is 0. The van der Waals surface area contributed by atoms with Crippen LogP contribution in [0.15, 0.2) is 55.1 Å². The summed E-state index contributed by atoms with van der Waals surface area (Å²) in [6.07, 6.45) is 8.74. The number of hydrogen-bond acceptors (Lipinski definition) is 6. The average molecular weight is 578 g/mol. The van der Waals surface area contributed by atoms with Crippen LogP contribution in [0.25, 0.3) is 0 Å². The molecule has 42 heavy (non-hydrogen) atoms. The lowest BCUT2D eigenvalue weighted by Gasteiger charge is -2.16. The van der Waals surface area contributed by atoms with Crippen molar-refractivity contribution in [2.24, 2.45) is 23.7 Å². The number of nitrogens with one attached hydrogen (secondary N) is 1. The Kier molecular flexibility index (Phi) is 15.1. The molecule has 0 radical (unpaired) electrons. The minimum atomic E-state index is -0.625. The van der Waals surface area contributed by atoms with Crippen LogP contribution in [0.4, 0.5) is 5.69 Å². The molecule has 6 heteroatoms. The van der Waals surface area contributed by atoms with Crippen LogP contribution in [0.3, 0.4) is 0 Å². The third-order valence-electron chi connectivity index (χ3n) is 7.80. The highest BCUT2D eigenvalue weighted by molar-refractivity contribution is 6.12. The standard InChI is InChI=1S/C36H51NO5/c1-8-9-26(4)12-13-28(6)21-23-42-36(40)33-24-30(34(38)29-14-17-31(37-7)18-15-29)16-19-32(33)35(39)41-22-20-27(5)11-10-25(2)3/h8,14-19,24-28,37H,1,9-13,20-23H2,2-7H3. The van der Waals surface area contributed by atoms with Gasteiger partial charge in [-0.15, -0.1) is 6.58 Å². The molecule has 0 aliphatic rings. The topological polar surface area (TPSA) is 81.7 Å². The molecular formula is C36H51NO5. The molecular weight excluding hydrogens is 526 g/mol. The zero-order valence-electron chi connectivity index (χ0n) is 26.5. The highest BCUT2D eigenvalue weighted by Gasteiger charge is 2.23. The van der Waals surface area contributed by atoms with Crippen LogP contribution >= 0.6 is 0 Å². The molecule has 2 aromatic carbocycles. The quantitative estimate of drug-likeness (QED) is 0.102. The van der Waals surface area contributed by atoms with E-state index in [2.05, 4.69) is 46.5 Å². The highest BCUT2D eigenvalue weighted by Crippen LogP contribution is 2.22. The minimum absolute atomic E-state index is 0.0535. The van der Waals surface area contributed by atoms with E-state index in [1.54, 1.807) is 18.2 Å². The van der Waals surface area contributed by atoms with E-state index >= 15 is 0 Å². The normalized spacial score (nSPS) is 13.2. The maximum Gasteiger partial charge on any atom is 0.339 e. The van der Waals surface area contributed by atoms with E-state index in [0.29, 0.717) is 34.8 Å². The van der Waals surface area contributed by atoms with E-state index in [9.17, 15) is 14.4 Å². The Balaban J connectivity index is 2.15. The van der Waals surface area contributed by atoms with Crippen LogP contribution in [-0.4, -0.2) is 38.0 Å². The van der Waals surface area contributed by atoms with Crippen molar-refractivity contribution in [3.8, 4) is 0 Å². The number of benzene rings is 2. The van der Waals surface area contributed by atoms with E-state index < -0.39 is 11.9 Å². The number of ketones is 1. The Labute approximate surface area is 253 Å². The molecule has 0 aromatic heterocycles. The number of rotatable bonds is 19. The fourth-order valence-corrected chi connectivity index (χ4v) is 4.73. The largest absolute Gasteiger partial charge is 0.462 e. The molecule has 3 unspecified atom stereocenters. The van der Waals surface area contributed by atoms with Crippen LogP contribution in [-0.2, 0) is 9.47 Å². The lowest BCUT2D eigenvalue weighted by Crippen LogP contribution is -2.17. The third-order valence-corrected chi connectivity index (χ3v) is 7.80. The number of ether oxygens (including phenoxy) is 2. The van der Waals surface area contributed by atoms with Gasteiger partial charge in [0.25, 0.3) is 0 Å². The van der Waals surface area contributed by atoms with Crippen molar-refractivity contribution in [3.63, 3.8) is 0 Å². The van der Waals surface area contributed by atoms with Crippen molar-refractivity contribution in [1.29, 1.82) is 0 Å². The van der Waals surface area contributed by atoms with E-state index in [-0.39, 0.29) is 30.1 Å². The van der Waals surface area contributed by atoms with Crippen molar-refractivity contribution in [2.45, 2.75) is 79.6 Å². The smallest absolute Gasteiger partial charge is 0.339 e. The van der Waals surface area contributed by atoms with Crippen LogP contribution in [0.5, 0.6) is 0 Å². The summed E-state index contributed by atoms with van der Waals surface area (Å²) in [6, 6.07) is 11.6. The first kappa shape index (κ1) is 34.8. The molecule has 1 N–H and O–H groups in total. The van der Waals surface area contributed by atoms with E-state index in [4.69, 9.17) is 9.47 Å². The first-order valence-corrected chi connectivity index (χ1v) is 15.5. The number of carbonyl (C=O) groups is 3. The van der Waals surface area contributed by atoms with Crippen molar-refractivity contribution in [2.75, 3.05) is 25.6 Å². The molecule has 0 spiro atoms. The van der Waals surface area contributed by atoms with Gasteiger partial charge in [0.1, 0.15) is 0 Å². The molecule has 0 saturated heterocycles. The molecule has 0 saturated carbocycles. The van der Waals surface area contributed by atoms with Gasteiger partial charge >= 0.3 is 11.9 Å². The summed E-state index contributed by atoms with van der Waals surface area (Å²) in [5, 5.41) is 3.03. The second-order valence-corrected chi connectivity index (χ2v) is 12.2. The number of carbonyl (C=O) groups excluding carboxylic acids is 3. The summed E-state index contributed by atoms with van der Waals surface area (Å²) in [4.78, 5) is 39.6. The van der Waals surface area contributed by atoms with Gasteiger partial charge in [-0.1, -0.05) is 72.4 Å². The van der Waals surface area contributed by atoms with Gasteiger partial charge in [-0.2, -0.15) is 0 Å². The predicted molar refractivity (Wildman–Crippen MR) is 171 cm³/mol. The lowest BCUT2D eigenvalue weighted by molar-refractivity contribution is 0.0435. The van der Waals surface area contributed by atoms with Gasteiger partial charge in [-0.3, -0.25) is 4.79 Å². The molecule has 2 aromatic rings. The molecule has 0 aliphatic carbocycles.